The van der Waals surface area contributed by atoms with Crippen LogP contribution in [-0.2, 0) is 0 Å². The number of aliphatic hydroxyl groups is 1. The molecule has 0 aliphatic carbocycles. The summed E-state index contributed by atoms with van der Waals surface area (Å²) in [5, 5.41) is 10.4. The monoisotopic (exact) mass is 245 g/mol. The summed E-state index contributed by atoms with van der Waals surface area (Å²) in [6.07, 6.45) is 1.02. The molecule has 2 nitrogen and oxygen atoms in total. The molecule has 15 heavy (non-hydrogen) atoms. The fourth-order valence-corrected chi connectivity index (χ4v) is 2.47. The second-order valence-corrected chi connectivity index (χ2v) is 4.72. The number of rotatable bonds is 2. The highest BCUT2D eigenvalue weighted by Gasteiger charge is 2.23. The molecule has 1 aromatic carbocycles. The largest absolute Gasteiger partial charge is 0.396 e. The molecule has 1 heterocycles. The fraction of sp³-hybridized carbons (Fsp3) is 0.455. The van der Waals surface area contributed by atoms with Crippen LogP contribution < -0.4 is 4.90 Å². The lowest BCUT2D eigenvalue weighted by Gasteiger charge is -2.19. The minimum atomic E-state index is 0.252. The van der Waals surface area contributed by atoms with E-state index < -0.39 is 0 Å². The van der Waals surface area contributed by atoms with Crippen LogP contribution >= 0.6 is 23.2 Å². The maximum absolute atomic E-state index is 9.06. The first-order valence-corrected chi connectivity index (χ1v) is 5.77. The average Bonchev–Trinajstić information content (AvgIpc) is 2.66. The SMILES string of the molecule is OCC1CCN(c2ccc(Cl)cc2Cl)C1. The van der Waals surface area contributed by atoms with E-state index in [9.17, 15) is 0 Å². The highest BCUT2D eigenvalue weighted by molar-refractivity contribution is 6.36. The van der Waals surface area contributed by atoms with Gasteiger partial charge in [-0.15, -0.1) is 0 Å². The van der Waals surface area contributed by atoms with Gasteiger partial charge in [0.1, 0.15) is 0 Å². The van der Waals surface area contributed by atoms with Crippen LogP contribution in [-0.4, -0.2) is 24.8 Å². The summed E-state index contributed by atoms with van der Waals surface area (Å²) >= 11 is 11.9. The zero-order valence-corrected chi connectivity index (χ0v) is 9.80. The Morgan fingerprint density at radius 3 is 2.80 bits per heavy atom. The standard InChI is InChI=1S/C11H13Cl2NO/c12-9-1-2-11(10(13)5-9)14-4-3-8(6-14)7-15/h1-2,5,8,15H,3-4,6-7H2. The van der Waals surface area contributed by atoms with E-state index in [1.807, 2.05) is 12.1 Å². The van der Waals surface area contributed by atoms with Gasteiger partial charge in [0.05, 0.1) is 10.7 Å². The van der Waals surface area contributed by atoms with Crippen molar-refractivity contribution in [1.29, 1.82) is 0 Å². The first kappa shape index (κ1) is 11.1. The molecule has 1 N–H and O–H groups in total. The summed E-state index contributed by atoms with van der Waals surface area (Å²) in [6, 6.07) is 5.53. The van der Waals surface area contributed by atoms with Crippen LogP contribution in [0.1, 0.15) is 6.42 Å². The Kier molecular flexibility index (Phi) is 3.39. The number of hydrogen-bond acceptors (Lipinski definition) is 2. The second kappa shape index (κ2) is 4.60. The van der Waals surface area contributed by atoms with Crippen LogP contribution in [0.25, 0.3) is 0 Å². The molecule has 0 spiro atoms. The summed E-state index contributed by atoms with van der Waals surface area (Å²) < 4.78 is 0. The van der Waals surface area contributed by atoms with Gasteiger partial charge in [-0.25, -0.2) is 0 Å². The molecule has 1 aliphatic heterocycles. The van der Waals surface area contributed by atoms with Gasteiger partial charge in [0.15, 0.2) is 0 Å². The lowest BCUT2D eigenvalue weighted by molar-refractivity contribution is 0.238. The molecule has 2 rings (SSSR count). The minimum Gasteiger partial charge on any atom is -0.396 e. The predicted molar refractivity (Wildman–Crippen MR) is 63.9 cm³/mol. The molecule has 0 bridgehead atoms. The Hall–Kier alpha value is -0.440. The number of anilines is 1. The topological polar surface area (TPSA) is 23.5 Å². The van der Waals surface area contributed by atoms with E-state index in [0.29, 0.717) is 16.0 Å². The van der Waals surface area contributed by atoms with E-state index in [0.717, 1.165) is 25.2 Å². The van der Waals surface area contributed by atoms with Gasteiger partial charge < -0.3 is 10.0 Å². The minimum absolute atomic E-state index is 0.252. The van der Waals surface area contributed by atoms with Crippen molar-refractivity contribution in [3.8, 4) is 0 Å². The molecule has 1 unspecified atom stereocenters. The lowest BCUT2D eigenvalue weighted by Crippen LogP contribution is -2.20. The highest BCUT2D eigenvalue weighted by Crippen LogP contribution is 2.32. The molecule has 4 heteroatoms. The van der Waals surface area contributed by atoms with Gasteiger partial charge in [0.25, 0.3) is 0 Å². The van der Waals surface area contributed by atoms with Crippen molar-refractivity contribution in [3.63, 3.8) is 0 Å². The molecule has 0 saturated carbocycles. The van der Waals surface area contributed by atoms with Crippen LogP contribution in [0.15, 0.2) is 18.2 Å². The third-order valence-corrected chi connectivity index (χ3v) is 3.33. The van der Waals surface area contributed by atoms with Gasteiger partial charge in [0.2, 0.25) is 0 Å². The quantitative estimate of drug-likeness (QED) is 0.867. The van der Waals surface area contributed by atoms with Gasteiger partial charge in [-0.2, -0.15) is 0 Å². The van der Waals surface area contributed by atoms with Gasteiger partial charge in [-0.05, 0) is 24.6 Å². The van der Waals surface area contributed by atoms with Gasteiger partial charge >= 0.3 is 0 Å². The van der Waals surface area contributed by atoms with Crippen LogP contribution in [0.2, 0.25) is 10.0 Å². The zero-order valence-electron chi connectivity index (χ0n) is 8.29. The van der Waals surface area contributed by atoms with E-state index in [-0.39, 0.29) is 6.61 Å². The third kappa shape index (κ3) is 2.39. The lowest BCUT2D eigenvalue weighted by atomic mass is 10.1. The van der Waals surface area contributed by atoms with E-state index in [1.165, 1.54) is 0 Å². The predicted octanol–water partition coefficient (Wildman–Crippen LogP) is 2.81. The van der Waals surface area contributed by atoms with Crippen LogP contribution in [0.4, 0.5) is 5.69 Å². The Labute approximate surface area is 99.4 Å². The van der Waals surface area contributed by atoms with Crippen molar-refractivity contribution in [2.24, 2.45) is 5.92 Å². The first-order valence-electron chi connectivity index (χ1n) is 5.01. The molecule has 0 amide bonds. The summed E-state index contributed by atoms with van der Waals surface area (Å²) in [5.41, 5.74) is 1.01. The highest BCUT2D eigenvalue weighted by atomic mass is 35.5. The van der Waals surface area contributed by atoms with E-state index in [4.69, 9.17) is 28.3 Å². The van der Waals surface area contributed by atoms with E-state index in [2.05, 4.69) is 4.90 Å². The molecular weight excluding hydrogens is 233 g/mol. The molecule has 0 radical (unpaired) electrons. The van der Waals surface area contributed by atoms with Gasteiger partial charge in [-0.1, -0.05) is 23.2 Å². The summed E-state index contributed by atoms with van der Waals surface area (Å²) in [5.74, 6) is 0.372. The van der Waals surface area contributed by atoms with Gasteiger partial charge in [0, 0.05) is 30.6 Å². The van der Waals surface area contributed by atoms with Crippen LogP contribution in [0, 0.1) is 5.92 Å². The van der Waals surface area contributed by atoms with E-state index >= 15 is 0 Å². The molecule has 1 saturated heterocycles. The average molecular weight is 246 g/mol. The van der Waals surface area contributed by atoms with Crippen molar-refractivity contribution in [2.45, 2.75) is 6.42 Å². The molecule has 1 atom stereocenters. The fourth-order valence-electron chi connectivity index (χ4n) is 1.94. The number of hydrogen-bond donors (Lipinski definition) is 1. The van der Waals surface area contributed by atoms with Gasteiger partial charge in [-0.3, -0.25) is 0 Å². The Morgan fingerprint density at radius 2 is 2.20 bits per heavy atom. The molecule has 0 aromatic heterocycles. The molecule has 82 valence electrons. The van der Waals surface area contributed by atoms with Crippen molar-refractivity contribution in [1.82, 2.24) is 0 Å². The van der Waals surface area contributed by atoms with Crippen molar-refractivity contribution in [3.05, 3.63) is 28.2 Å². The number of nitrogens with zero attached hydrogens (tertiary/aromatic N) is 1. The number of aliphatic hydroxyl groups excluding tert-OH is 1. The Bertz CT molecular complexity index is 356. The normalized spacial score (nSPS) is 21.0. The third-order valence-electron chi connectivity index (χ3n) is 2.79. The first-order chi connectivity index (χ1) is 7.20. The van der Waals surface area contributed by atoms with Crippen LogP contribution in [0.3, 0.4) is 0 Å². The molecule has 1 fully saturated rings. The molecule has 1 aliphatic rings. The number of halogens is 2. The molecule has 1 aromatic rings. The van der Waals surface area contributed by atoms with Crippen molar-refractivity contribution < 1.29 is 5.11 Å². The summed E-state index contributed by atoms with van der Waals surface area (Å²) in [7, 11) is 0. The summed E-state index contributed by atoms with van der Waals surface area (Å²) in [4.78, 5) is 2.19. The van der Waals surface area contributed by atoms with Crippen LogP contribution in [0.5, 0.6) is 0 Å². The Balaban J connectivity index is 2.17. The zero-order chi connectivity index (χ0) is 10.8. The number of benzene rings is 1. The maximum Gasteiger partial charge on any atom is 0.0654 e. The molecular formula is C11H13Cl2NO. The van der Waals surface area contributed by atoms with Crippen molar-refractivity contribution in [2.75, 3.05) is 24.6 Å². The second-order valence-electron chi connectivity index (χ2n) is 3.88. The van der Waals surface area contributed by atoms with E-state index in [1.54, 1.807) is 6.07 Å². The van der Waals surface area contributed by atoms with Crippen molar-refractivity contribution >= 4 is 28.9 Å². The Morgan fingerprint density at radius 1 is 1.40 bits per heavy atom. The summed E-state index contributed by atoms with van der Waals surface area (Å²) in [6.45, 7) is 2.08. The smallest absolute Gasteiger partial charge is 0.0654 e. The maximum atomic E-state index is 9.06.